The van der Waals surface area contributed by atoms with Gasteiger partial charge in [-0.1, -0.05) is 6.07 Å². The lowest BCUT2D eigenvalue weighted by Crippen LogP contribution is -2.15. The van der Waals surface area contributed by atoms with Gasteiger partial charge >= 0.3 is 0 Å². The predicted molar refractivity (Wildman–Crippen MR) is 74.7 cm³/mol. The standard InChI is InChI=1S/C16H20FNO/c1-9-5-6-14(17)7-13(9)8-15(18)16-10(2)11(3)19-12(16)4/h5-7,15H,8,18H2,1-4H3. The van der Waals surface area contributed by atoms with Crippen LogP contribution in [-0.4, -0.2) is 0 Å². The Balaban J connectivity index is 2.30. The van der Waals surface area contributed by atoms with E-state index >= 15 is 0 Å². The fraction of sp³-hybridized carbons (Fsp3) is 0.375. The Labute approximate surface area is 113 Å². The molecule has 2 aromatic rings. The molecule has 2 rings (SSSR count). The summed E-state index contributed by atoms with van der Waals surface area (Å²) in [5.74, 6) is 1.54. The Morgan fingerprint density at radius 2 is 1.84 bits per heavy atom. The zero-order chi connectivity index (χ0) is 14.2. The molecule has 0 aliphatic carbocycles. The van der Waals surface area contributed by atoms with E-state index in [1.165, 1.54) is 6.07 Å². The van der Waals surface area contributed by atoms with E-state index in [0.717, 1.165) is 33.8 Å². The molecule has 3 heteroatoms. The van der Waals surface area contributed by atoms with E-state index in [9.17, 15) is 4.39 Å². The molecule has 2 N–H and O–H groups in total. The molecule has 1 aromatic heterocycles. The van der Waals surface area contributed by atoms with Gasteiger partial charge in [0.25, 0.3) is 0 Å². The van der Waals surface area contributed by atoms with Crippen LogP contribution < -0.4 is 5.73 Å². The van der Waals surface area contributed by atoms with Gasteiger partial charge in [0, 0.05) is 11.6 Å². The van der Waals surface area contributed by atoms with Crippen molar-refractivity contribution in [2.75, 3.05) is 0 Å². The third-order valence-corrected chi connectivity index (χ3v) is 3.74. The highest BCUT2D eigenvalue weighted by atomic mass is 19.1. The summed E-state index contributed by atoms with van der Waals surface area (Å²) in [6, 6.07) is 4.66. The molecule has 2 nitrogen and oxygen atoms in total. The van der Waals surface area contributed by atoms with Crippen LogP contribution in [0, 0.1) is 33.5 Å². The van der Waals surface area contributed by atoms with Gasteiger partial charge in [-0.05, 0) is 62.9 Å². The number of aryl methyl sites for hydroxylation is 3. The lowest BCUT2D eigenvalue weighted by Gasteiger charge is -2.14. The van der Waals surface area contributed by atoms with Crippen LogP contribution in [0.3, 0.4) is 0 Å². The first-order valence-corrected chi connectivity index (χ1v) is 6.47. The van der Waals surface area contributed by atoms with Crippen molar-refractivity contribution in [2.24, 2.45) is 5.73 Å². The average molecular weight is 261 g/mol. The fourth-order valence-electron chi connectivity index (χ4n) is 2.55. The van der Waals surface area contributed by atoms with Gasteiger partial charge in [0.2, 0.25) is 0 Å². The van der Waals surface area contributed by atoms with Crippen molar-refractivity contribution in [1.82, 2.24) is 0 Å². The maximum absolute atomic E-state index is 13.3. The summed E-state index contributed by atoms with van der Waals surface area (Å²) in [6.45, 7) is 7.85. The topological polar surface area (TPSA) is 39.2 Å². The molecule has 0 spiro atoms. The van der Waals surface area contributed by atoms with Gasteiger partial charge in [-0.2, -0.15) is 0 Å². The molecule has 1 aromatic carbocycles. The Bertz CT molecular complexity index is 601. The van der Waals surface area contributed by atoms with Crippen LogP contribution in [0.4, 0.5) is 4.39 Å². The van der Waals surface area contributed by atoms with E-state index < -0.39 is 0 Å². The predicted octanol–water partition coefficient (Wildman–Crippen LogP) is 3.89. The van der Waals surface area contributed by atoms with Crippen LogP contribution in [0.1, 0.15) is 39.8 Å². The van der Waals surface area contributed by atoms with Crippen LogP contribution in [0.25, 0.3) is 0 Å². The second kappa shape index (κ2) is 5.17. The summed E-state index contributed by atoms with van der Waals surface area (Å²) in [5, 5.41) is 0. The van der Waals surface area contributed by atoms with Crippen molar-refractivity contribution in [1.29, 1.82) is 0 Å². The minimum absolute atomic E-state index is 0.169. The van der Waals surface area contributed by atoms with Crippen molar-refractivity contribution in [3.05, 3.63) is 57.8 Å². The van der Waals surface area contributed by atoms with Gasteiger partial charge in [0.05, 0.1) is 0 Å². The molecule has 0 aliphatic rings. The third-order valence-electron chi connectivity index (χ3n) is 3.74. The number of furan rings is 1. The average Bonchev–Trinajstić information content (AvgIpc) is 2.58. The number of rotatable bonds is 3. The maximum atomic E-state index is 13.3. The van der Waals surface area contributed by atoms with E-state index in [-0.39, 0.29) is 11.9 Å². The number of halogens is 1. The Morgan fingerprint density at radius 1 is 1.16 bits per heavy atom. The van der Waals surface area contributed by atoms with E-state index in [1.807, 2.05) is 27.7 Å². The summed E-state index contributed by atoms with van der Waals surface area (Å²) < 4.78 is 18.9. The molecule has 1 heterocycles. The van der Waals surface area contributed by atoms with Crippen molar-refractivity contribution >= 4 is 0 Å². The minimum Gasteiger partial charge on any atom is -0.466 e. The monoisotopic (exact) mass is 261 g/mol. The Morgan fingerprint density at radius 3 is 2.42 bits per heavy atom. The highest BCUT2D eigenvalue weighted by Crippen LogP contribution is 2.28. The third kappa shape index (κ3) is 2.71. The van der Waals surface area contributed by atoms with Crippen LogP contribution in [-0.2, 0) is 6.42 Å². The lowest BCUT2D eigenvalue weighted by molar-refractivity contribution is 0.496. The van der Waals surface area contributed by atoms with Crippen molar-refractivity contribution in [3.63, 3.8) is 0 Å². The highest BCUT2D eigenvalue weighted by Gasteiger charge is 2.19. The fourth-order valence-corrected chi connectivity index (χ4v) is 2.55. The zero-order valence-corrected chi connectivity index (χ0v) is 11.9. The number of nitrogens with two attached hydrogens (primary N) is 1. The Hall–Kier alpha value is -1.61. The summed E-state index contributed by atoms with van der Waals surface area (Å²) in [5.41, 5.74) is 10.4. The lowest BCUT2D eigenvalue weighted by atomic mass is 9.94. The molecule has 0 aliphatic heterocycles. The summed E-state index contributed by atoms with van der Waals surface area (Å²) in [4.78, 5) is 0. The number of benzene rings is 1. The smallest absolute Gasteiger partial charge is 0.123 e. The van der Waals surface area contributed by atoms with Gasteiger partial charge < -0.3 is 10.2 Å². The second-order valence-electron chi connectivity index (χ2n) is 5.13. The molecule has 0 radical (unpaired) electrons. The molecule has 19 heavy (non-hydrogen) atoms. The van der Waals surface area contributed by atoms with E-state index in [4.69, 9.17) is 10.2 Å². The van der Waals surface area contributed by atoms with Crippen LogP contribution in [0.5, 0.6) is 0 Å². The number of hydrogen-bond acceptors (Lipinski definition) is 2. The SMILES string of the molecule is Cc1ccc(F)cc1CC(N)c1c(C)oc(C)c1C. The summed E-state index contributed by atoms with van der Waals surface area (Å²) in [6.07, 6.45) is 0.615. The van der Waals surface area contributed by atoms with E-state index in [0.29, 0.717) is 6.42 Å². The quantitative estimate of drug-likeness (QED) is 0.910. The van der Waals surface area contributed by atoms with Crippen LogP contribution in [0.2, 0.25) is 0 Å². The van der Waals surface area contributed by atoms with Crippen LogP contribution in [0.15, 0.2) is 22.6 Å². The highest BCUT2D eigenvalue weighted by molar-refractivity contribution is 5.36. The van der Waals surface area contributed by atoms with Crippen LogP contribution >= 0.6 is 0 Å². The molecule has 0 saturated heterocycles. The molecule has 102 valence electrons. The Kier molecular flexibility index (Phi) is 3.76. The molecule has 1 unspecified atom stereocenters. The van der Waals surface area contributed by atoms with Crippen molar-refractivity contribution in [3.8, 4) is 0 Å². The first-order chi connectivity index (χ1) is 8.90. The normalized spacial score (nSPS) is 12.7. The van der Waals surface area contributed by atoms with Crippen molar-refractivity contribution < 1.29 is 8.81 Å². The van der Waals surface area contributed by atoms with Crippen molar-refractivity contribution in [2.45, 2.75) is 40.2 Å². The molecule has 1 atom stereocenters. The van der Waals surface area contributed by atoms with Gasteiger partial charge in [-0.3, -0.25) is 0 Å². The summed E-state index contributed by atoms with van der Waals surface area (Å²) >= 11 is 0. The molecule has 0 bridgehead atoms. The number of hydrogen-bond donors (Lipinski definition) is 1. The first-order valence-electron chi connectivity index (χ1n) is 6.47. The van der Waals surface area contributed by atoms with Gasteiger partial charge in [0.1, 0.15) is 17.3 Å². The largest absolute Gasteiger partial charge is 0.466 e. The second-order valence-corrected chi connectivity index (χ2v) is 5.13. The van der Waals surface area contributed by atoms with Gasteiger partial charge in [-0.25, -0.2) is 4.39 Å². The van der Waals surface area contributed by atoms with E-state index in [1.54, 1.807) is 12.1 Å². The zero-order valence-electron chi connectivity index (χ0n) is 11.9. The molecular formula is C16H20FNO. The molecule has 0 saturated carbocycles. The molecule has 0 amide bonds. The van der Waals surface area contributed by atoms with E-state index in [2.05, 4.69) is 0 Å². The maximum Gasteiger partial charge on any atom is 0.123 e. The molecular weight excluding hydrogens is 241 g/mol. The first kappa shape index (κ1) is 13.8. The minimum atomic E-state index is -0.218. The van der Waals surface area contributed by atoms with Gasteiger partial charge in [0.15, 0.2) is 0 Å². The molecule has 0 fully saturated rings. The summed E-state index contributed by atoms with van der Waals surface area (Å²) in [7, 11) is 0. The van der Waals surface area contributed by atoms with Gasteiger partial charge in [-0.15, -0.1) is 0 Å².